The third kappa shape index (κ3) is 5.21. The molecule has 0 aliphatic heterocycles. The molecule has 0 spiro atoms. The molecule has 1 aliphatic carbocycles. The molecule has 0 atom stereocenters. The number of nitrogens with one attached hydrogen (secondary N) is 2. The maximum absolute atomic E-state index is 12.2. The van der Waals surface area contributed by atoms with Crippen molar-refractivity contribution in [3.05, 3.63) is 65.2 Å². The van der Waals surface area contributed by atoms with Crippen LogP contribution in [0.3, 0.4) is 0 Å². The zero-order valence-electron chi connectivity index (χ0n) is 15.6. The van der Waals surface area contributed by atoms with Crippen LogP contribution in [0.25, 0.3) is 6.08 Å². The maximum Gasteiger partial charge on any atom is 0.251 e. The smallest absolute Gasteiger partial charge is 0.251 e. The van der Waals surface area contributed by atoms with Gasteiger partial charge in [-0.25, -0.2) is 0 Å². The summed E-state index contributed by atoms with van der Waals surface area (Å²) in [6.45, 7) is 2.30. The molecule has 2 aromatic rings. The van der Waals surface area contributed by atoms with E-state index in [9.17, 15) is 9.59 Å². The van der Waals surface area contributed by atoms with Crippen molar-refractivity contribution in [2.24, 2.45) is 0 Å². The van der Waals surface area contributed by atoms with E-state index >= 15 is 0 Å². The van der Waals surface area contributed by atoms with Crippen LogP contribution in [-0.4, -0.2) is 24.5 Å². The van der Waals surface area contributed by atoms with E-state index in [0.717, 1.165) is 18.4 Å². The lowest BCUT2D eigenvalue weighted by Gasteiger charge is -2.10. The van der Waals surface area contributed by atoms with Crippen molar-refractivity contribution in [2.75, 3.05) is 11.9 Å². The van der Waals surface area contributed by atoms with Gasteiger partial charge in [0.05, 0.1) is 23.9 Å². The number of rotatable bonds is 7. The third-order valence-electron chi connectivity index (χ3n) is 4.18. The molecule has 2 aromatic carbocycles. The van der Waals surface area contributed by atoms with Crippen LogP contribution >= 0.6 is 0 Å². The highest BCUT2D eigenvalue weighted by Crippen LogP contribution is 2.26. The normalized spacial score (nSPS) is 13.0. The first-order valence-corrected chi connectivity index (χ1v) is 9.16. The summed E-state index contributed by atoms with van der Waals surface area (Å²) in [5.74, 6) is 0.0949. The van der Waals surface area contributed by atoms with Gasteiger partial charge >= 0.3 is 0 Å². The van der Waals surface area contributed by atoms with Gasteiger partial charge in [0.1, 0.15) is 5.75 Å². The molecule has 1 aliphatic rings. The second-order valence-corrected chi connectivity index (χ2v) is 6.45. The second kappa shape index (κ2) is 8.87. The number of amides is 2. The molecule has 2 amide bonds. The van der Waals surface area contributed by atoms with E-state index in [1.165, 1.54) is 6.08 Å². The Kier molecular flexibility index (Phi) is 6.07. The number of carbonyl (C=O) groups excluding carboxylic acids is 2. The van der Waals surface area contributed by atoms with Crippen LogP contribution < -0.4 is 15.4 Å². The summed E-state index contributed by atoms with van der Waals surface area (Å²) >= 11 is 0. The summed E-state index contributed by atoms with van der Waals surface area (Å²) in [7, 11) is 0. The highest BCUT2D eigenvalue weighted by molar-refractivity contribution is 6.03. The molecule has 0 radical (unpaired) electrons. The van der Waals surface area contributed by atoms with E-state index in [1.54, 1.807) is 48.5 Å². The molecular formula is C22H21N3O3. The van der Waals surface area contributed by atoms with Gasteiger partial charge in [0, 0.05) is 17.7 Å². The van der Waals surface area contributed by atoms with E-state index in [4.69, 9.17) is 10.00 Å². The monoisotopic (exact) mass is 375 g/mol. The average molecular weight is 375 g/mol. The fourth-order valence-corrected chi connectivity index (χ4v) is 2.57. The number of hydrogen-bond acceptors (Lipinski definition) is 4. The van der Waals surface area contributed by atoms with Gasteiger partial charge < -0.3 is 15.4 Å². The molecule has 1 saturated carbocycles. The molecule has 3 rings (SSSR count). The number of anilines is 1. The van der Waals surface area contributed by atoms with E-state index in [0.29, 0.717) is 35.2 Å². The lowest BCUT2D eigenvalue weighted by Crippen LogP contribution is -2.25. The lowest BCUT2D eigenvalue weighted by molar-refractivity contribution is -0.111. The van der Waals surface area contributed by atoms with Gasteiger partial charge in [0.2, 0.25) is 5.91 Å². The standard InChI is InChI=1S/C22H21N3O3/c1-2-28-20-11-5-16(14-23)13-19(20)25-21(26)12-6-15-3-7-17(8-4-15)22(27)24-18-9-10-18/h3-8,11-13,18H,2,9-10H2,1H3,(H,24,27)(H,25,26). The Balaban J connectivity index is 1.63. The van der Waals surface area contributed by atoms with E-state index < -0.39 is 0 Å². The Morgan fingerprint density at radius 3 is 2.61 bits per heavy atom. The van der Waals surface area contributed by atoms with Crippen LogP contribution in [0.4, 0.5) is 5.69 Å². The van der Waals surface area contributed by atoms with E-state index in [1.807, 2.05) is 13.0 Å². The van der Waals surface area contributed by atoms with Crippen molar-refractivity contribution >= 4 is 23.6 Å². The topological polar surface area (TPSA) is 91.2 Å². The average Bonchev–Trinajstić information content (AvgIpc) is 3.52. The van der Waals surface area contributed by atoms with Gasteiger partial charge in [-0.05, 0) is 61.7 Å². The summed E-state index contributed by atoms with van der Waals surface area (Å²) in [5.41, 5.74) is 2.28. The van der Waals surface area contributed by atoms with Crippen molar-refractivity contribution in [1.29, 1.82) is 5.26 Å². The Morgan fingerprint density at radius 1 is 1.21 bits per heavy atom. The van der Waals surface area contributed by atoms with Gasteiger partial charge in [-0.1, -0.05) is 12.1 Å². The Bertz CT molecular complexity index is 938. The van der Waals surface area contributed by atoms with Crippen molar-refractivity contribution < 1.29 is 14.3 Å². The van der Waals surface area contributed by atoms with Crippen molar-refractivity contribution in [2.45, 2.75) is 25.8 Å². The summed E-state index contributed by atoms with van der Waals surface area (Å²) in [4.78, 5) is 24.2. The van der Waals surface area contributed by atoms with E-state index in [2.05, 4.69) is 10.6 Å². The predicted octanol–water partition coefficient (Wildman–Crippen LogP) is 3.50. The van der Waals surface area contributed by atoms with Crippen molar-refractivity contribution in [1.82, 2.24) is 5.32 Å². The summed E-state index contributed by atoms with van der Waals surface area (Å²) in [6, 6.07) is 14.3. The first-order valence-electron chi connectivity index (χ1n) is 9.16. The SMILES string of the molecule is CCOc1ccc(C#N)cc1NC(=O)C=Cc1ccc(C(=O)NC2CC2)cc1. The highest BCUT2D eigenvalue weighted by Gasteiger charge is 2.23. The van der Waals surface area contributed by atoms with Gasteiger partial charge in [-0.2, -0.15) is 5.26 Å². The van der Waals surface area contributed by atoms with Crippen LogP contribution in [0, 0.1) is 11.3 Å². The fourth-order valence-electron chi connectivity index (χ4n) is 2.57. The molecule has 1 fully saturated rings. The van der Waals surface area contributed by atoms with Crippen LogP contribution in [0.5, 0.6) is 5.75 Å². The number of nitrogens with zero attached hydrogens (tertiary/aromatic N) is 1. The van der Waals surface area contributed by atoms with E-state index in [-0.39, 0.29) is 11.8 Å². The van der Waals surface area contributed by atoms with Crippen LogP contribution in [0.1, 0.15) is 41.3 Å². The molecule has 142 valence electrons. The number of ether oxygens (including phenoxy) is 1. The summed E-state index contributed by atoms with van der Waals surface area (Å²) in [6.07, 6.45) is 5.15. The molecule has 0 bridgehead atoms. The van der Waals surface area contributed by atoms with Crippen LogP contribution in [-0.2, 0) is 4.79 Å². The first kappa shape index (κ1) is 19.2. The number of benzene rings is 2. The van der Waals surface area contributed by atoms with Crippen molar-refractivity contribution in [3.63, 3.8) is 0 Å². The molecule has 0 aromatic heterocycles. The maximum atomic E-state index is 12.2. The Morgan fingerprint density at radius 2 is 1.96 bits per heavy atom. The minimum absolute atomic E-state index is 0.0726. The zero-order valence-corrected chi connectivity index (χ0v) is 15.6. The summed E-state index contributed by atoms with van der Waals surface area (Å²) < 4.78 is 5.48. The molecular weight excluding hydrogens is 354 g/mol. The molecule has 0 unspecified atom stereocenters. The quantitative estimate of drug-likeness (QED) is 0.725. The molecule has 28 heavy (non-hydrogen) atoms. The number of nitriles is 1. The predicted molar refractivity (Wildman–Crippen MR) is 107 cm³/mol. The Labute approximate surface area is 163 Å². The zero-order chi connectivity index (χ0) is 19.9. The lowest BCUT2D eigenvalue weighted by atomic mass is 10.1. The second-order valence-electron chi connectivity index (χ2n) is 6.45. The molecule has 2 N–H and O–H groups in total. The van der Waals surface area contributed by atoms with Gasteiger partial charge in [-0.15, -0.1) is 0 Å². The molecule has 6 nitrogen and oxygen atoms in total. The Hall–Kier alpha value is -3.59. The van der Waals surface area contributed by atoms with Crippen LogP contribution in [0.15, 0.2) is 48.5 Å². The molecule has 6 heteroatoms. The van der Waals surface area contributed by atoms with Crippen molar-refractivity contribution in [3.8, 4) is 11.8 Å². The highest BCUT2D eigenvalue weighted by atomic mass is 16.5. The molecule has 0 saturated heterocycles. The number of hydrogen-bond donors (Lipinski definition) is 2. The fraction of sp³-hybridized carbons (Fsp3) is 0.227. The minimum Gasteiger partial charge on any atom is -0.492 e. The molecule has 0 heterocycles. The van der Waals surface area contributed by atoms with Gasteiger partial charge in [0.25, 0.3) is 5.91 Å². The largest absolute Gasteiger partial charge is 0.492 e. The first-order chi connectivity index (χ1) is 13.6. The van der Waals surface area contributed by atoms with Gasteiger partial charge in [-0.3, -0.25) is 9.59 Å². The summed E-state index contributed by atoms with van der Waals surface area (Å²) in [5, 5.41) is 14.7. The van der Waals surface area contributed by atoms with Gasteiger partial charge in [0.15, 0.2) is 0 Å². The van der Waals surface area contributed by atoms with Crippen LogP contribution in [0.2, 0.25) is 0 Å². The minimum atomic E-state index is -0.341. The third-order valence-corrected chi connectivity index (χ3v) is 4.18. The number of carbonyl (C=O) groups is 2.